The summed E-state index contributed by atoms with van der Waals surface area (Å²) >= 11 is 0. The third kappa shape index (κ3) is 4.29. The summed E-state index contributed by atoms with van der Waals surface area (Å²) in [6.45, 7) is 3.39. The van der Waals surface area contributed by atoms with E-state index >= 15 is 0 Å². The second-order valence-electron chi connectivity index (χ2n) is 5.68. The zero-order valence-corrected chi connectivity index (χ0v) is 14.6. The Bertz CT molecular complexity index is 820. The first-order valence-corrected chi connectivity index (χ1v) is 8.48. The molecule has 128 valence electrons. The molecule has 0 amide bonds. The fraction of sp³-hybridized carbons (Fsp3) is 0.190. The summed E-state index contributed by atoms with van der Waals surface area (Å²) < 4.78 is 7.55. The smallest absolute Gasteiger partial charge is 0.203 e. The molecular weight excluding hydrogens is 310 g/mol. The van der Waals surface area contributed by atoms with Crippen LogP contribution in [0.5, 0.6) is 5.75 Å². The maximum atomic E-state index is 5.49. The molecule has 0 atom stereocenters. The molecule has 2 aromatic carbocycles. The lowest BCUT2D eigenvalue weighted by Crippen LogP contribution is -2.05. The van der Waals surface area contributed by atoms with Crippen LogP contribution in [0.25, 0.3) is 17.3 Å². The summed E-state index contributed by atoms with van der Waals surface area (Å²) in [4.78, 5) is 4.48. The van der Waals surface area contributed by atoms with Crippen LogP contribution in [0.15, 0.2) is 66.9 Å². The van der Waals surface area contributed by atoms with E-state index in [1.807, 2.05) is 50.5 Å². The monoisotopic (exact) mass is 333 g/mol. The second-order valence-corrected chi connectivity index (χ2v) is 5.68. The SMILES string of the molecule is CCOc1ccc(-c2cnc(NC/C=C/c3ccccc3)n2C)cc1. The molecule has 0 bridgehead atoms. The first-order valence-electron chi connectivity index (χ1n) is 8.48. The minimum Gasteiger partial charge on any atom is -0.494 e. The van der Waals surface area contributed by atoms with Crippen molar-refractivity contribution in [2.24, 2.45) is 7.05 Å². The first kappa shape index (κ1) is 16.8. The van der Waals surface area contributed by atoms with Crippen LogP contribution in [0, 0.1) is 0 Å². The summed E-state index contributed by atoms with van der Waals surface area (Å²) in [6.07, 6.45) is 6.09. The first-order chi connectivity index (χ1) is 12.3. The topological polar surface area (TPSA) is 39.1 Å². The average molecular weight is 333 g/mol. The van der Waals surface area contributed by atoms with Crippen LogP contribution >= 0.6 is 0 Å². The molecule has 1 N–H and O–H groups in total. The Kier molecular flexibility index (Phi) is 5.52. The van der Waals surface area contributed by atoms with Crippen LogP contribution in [-0.4, -0.2) is 22.7 Å². The van der Waals surface area contributed by atoms with Gasteiger partial charge in [-0.2, -0.15) is 0 Å². The molecule has 0 saturated heterocycles. The summed E-state index contributed by atoms with van der Waals surface area (Å²) in [5, 5.41) is 3.35. The van der Waals surface area contributed by atoms with E-state index < -0.39 is 0 Å². The van der Waals surface area contributed by atoms with Crippen LogP contribution in [0.1, 0.15) is 12.5 Å². The Hall–Kier alpha value is -3.01. The Balaban J connectivity index is 1.63. The average Bonchev–Trinajstić information content (AvgIpc) is 3.01. The van der Waals surface area contributed by atoms with E-state index in [1.165, 1.54) is 5.56 Å². The van der Waals surface area contributed by atoms with Gasteiger partial charge in [0.25, 0.3) is 0 Å². The molecule has 0 aliphatic carbocycles. The van der Waals surface area contributed by atoms with Crippen LogP contribution in [0.4, 0.5) is 5.95 Å². The Morgan fingerprint density at radius 2 is 1.84 bits per heavy atom. The van der Waals surface area contributed by atoms with E-state index in [-0.39, 0.29) is 0 Å². The predicted molar refractivity (Wildman–Crippen MR) is 104 cm³/mol. The predicted octanol–water partition coefficient (Wildman–Crippen LogP) is 4.61. The summed E-state index contributed by atoms with van der Waals surface area (Å²) in [7, 11) is 2.02. The molecule has 0 unspecified atom stereocenters. The van der Waals surface area contributed by atoms with Crippen molar-refractivity contribution in [2.75, 3.05) is 18.5 Å². The molecule has 3 aromatic rings. The lowest BCUT2D eigenvalue weighted by Gasteiger charge is -2.08. The van der Waals surface area contributed by atoms with Gasteiger partial charge in [-0.15, -0.1) is 0 Å². The zero-order chi connectivity index (χ0) is 17.5. The van der Waals surface area contributed by atoms with Gasteiger partial charge in [-0.05, 0) is 36.8 Å². The van der Waals surface area contributed by atoms with Crippen LogP contribution in [0.2, 0.25) is 0 Å². The molecule has 4 nitrogen and oxygen atoms in total. The van der Waals surface area contributed by atoms with Gasteiger partial charge in [-0.1, -0.05) is 42.5 Å². The molecular formula is C21H23N3O. The summed E-state index contributed by atoms with van der Waals surface area (Å²) in [5.74, 6) is 1.74. The van der Waals surface area contributed by atoms with E-state index in [1.54, 1.807) is 0 Å². The molecule has 1 aromatic heterocycles. The molecule has 1 heterocycles. The normalized spacial score (nSPS) is 11.0. The van der Waals surface area contributed by atoms with E-state index in [4.69, 9.17) is 4.74 Å². The molecule has 25 heavy (non-hydrogen) atoms. The van der Waals surface area contributed by atoms with Gasteiger partial charge in [-0.25, -0.2) is 4.98 Å². The van der Waals surface area contributed by atoms with Crippen molar-refractivity contribution in [1.82, 2.24) is 9.55 Å². The van der Waals surface area contributed by atoms with E-state index in [0.717, 1.165) is 29.5 Å². The van der Waals surface area contributed by atoms with Crippen molar-refractivity contribution in [1.29, 1.82) is 0 Å². The van der Waals surface area contributed by atoms with Gasteiger partial charge in [0, 0.05) is 19.2 Å². The number of aromatic nitrogens is 2. The third-order valence-electron chi connectivity index (χ3n) is 3.94. The van der Waals surface area contributed by atoms with Gasteiger partial charge < -0.3 is 14.6 Å². The van der Waals surface area contributed by atoms with Crippen molar-refractivity contribution >= 4 is 12.0 Å². The molecule has 0 aliphatic heterocycles. The van der Waals surface area contributed by atoms with Gasteiger partial charge in [0.05, 0.1) is 18.5 Å². The van der Waals surface area contributed by atoms with E-state index in [9.17, 15) is 0 Å². The molecule has 0 aliphatic rings. The highest BCUT2D eigenvalue weighted by Crippen LogP contribution is 2.24. The van der Waals surface area contributed by atoms with Gasteiger partial charge in [0.1, 0.15) is 5.75 Å². The highest BCUT2D eigenvalue weighted by molar-refractivity contribution is 5.62. The lowest BCUT2D eigenvalue weighted by molar-refractivity contribution is 0.340. The summed E-state index contributed by atoms with van der Waals surface area (Å²) in [6, 6.07) is 18.4. The number of imidazole rings is 1. The molecule has 4 heteroatoms. The van der Waals surface area contributed by atoms with Gasteiger partial charge in [0.15, 0.2) is 0 Å². The highest BCUT2D eigenvalue weighted by atomic mass is 16.5. The largest absolute Gasteiger partial charge is 0.494 e. The number of benzene rings is 2. The minimum absolute atomic E-state index is 0.676. The number of nitrogens with one attached hydrogen (secondary N) is 1. The number of ether oxygens (including phenoxy) is 1. The minimum atomic E-state index is 0.676. The number of hydrogen-bond acceptors (Lipinski definition) is 3. The van der Waals surface area contributed by atoms with Crippen LogP contribution in [-0.2, 0) is 7.05 Å². The third-order valence-corrected chi connectivity index (χ3v) is 3.94. The van der Waals surface area contributed by atoms with Crippen LogP contribution < -0.4 is 10.1 Å². The fourth-order valence-electron chi connectivity index (χ4n) is 2.64. The number of hydrogen-bond donors (Lipinski definition) is 1. The maximum absolute atomic E-state index is 5.49. The Morgan fingerprint density at radius 1 is 1.08 bits per heavy atom. The van der Waals surface area contributed by atoms with Gasteiger partial charge >= 0.3 is 0 Å². The van der Waals surface area contributed by atoms with E-state index in [0.29, 0.717) is 6.61 Å². The Morgan fingerprint density at radius 3 is 2.56 bits per heavy atom. The summed E-state index contributed by atoms with van der Waals surface area (Å²) in [5.41, 5.74) is 3.38. The number of anilines is 1. The number of nitrogens with zero attached hydrogens (tertiary/aromatic N) is 2. The number of rotatable bonds is 7. The van der Waals surface area contributed by atoms with Crippen molar-refractivity contribution in [3.63, 3.8) is 0 Å². The van der Waals surface area contributed by atoms with Gasteiger partial charge in [0.2, 0.25) is 5.95 Å². The van der Waals surface area contributed by atoms with Crippen molar-refractivity contribution < 1.29 is 4.74 Å². The standard InChI is InChI=1S/C21H23N3O/c1-3-25-19-13-11-18(12-14-19)20-16-23-21(24(20)2)22-15-7-10-17-8-5-4-6-9-17/h4-14,16H,3,15H2,1-2H3,(H,22,23)/b10-7+. The highest BCUT2D eigenvalue weighted by Gasteiger charge is 2.07. The maximum Gasteiger partial charge on any atom is 0.203 e. The van der Waals surface area contributed by atoms with Crippen molar-refractivity contribution in [3.05, 3.63) is 72.4 Å². The molecule has 0 radical (unpaired) electrons. The molecule has 0 spiro atoms. The van der Waals surface area contributed by atoms with Crippen molar-refractivity contribution in [2.45, 2.75) is 6.92 Å². The Labute approximate surface area is 148 Å². The molecule has 0 fully saturated rings. The zero-order valence-electron chi connectivity index (χ0n) is 14.6. The lowest BCUT2D eigenvalue weighted by atomic mass is 10.1. The second kappa shape index (κ2) is 8.20. The quantitative estimate of drug-likeness (QED) is 0.686. The fourth-order valence-corrected chi connectivity index (χ4v) is 2.64. The molecule has 3 rings (SSSR count). The van der Waals surface area contributed by atoms with Gasteiger partial charge in [-0.3, -0.25) is 0 Å². The van der Waals surface area contributed by atoms with Crippen molar-refractivity contribution in [3.8, 4) is 17.0 Å². The molecule has 0 saturated carbocycles. The van der Waals surface area contributed by atoms with E-state index in [2.05, 4.69) is 51.3 Å². The van der Waals surface area contributed by atoms with Crippen LogP contribution in [0.3, 0.4) is 0 Å².